The van der Waals surface area contributed by atoms with E-state index in [0.29, 0.717) is 45.4 Å². The number of halogens is 1. The zero-order chi connectivity index (χ0) is 40.3. The maximum Gasteiger partial charge on any atom is 0.280 e. The van der Waals surface area contributed by atoms with Gasteiger partial charge in [0, 0.05) is 13.1 Å². The van der Waals surface area contributed by atoms with Gasteiger partial charge in [-0.1, -0.05) is 62.1 Å². The maximum absolute atomic E-state index is 12.5. The van der Waals surface area contributed by atoms with Crippen molar-refractivity contribution in [2.75, 3.05) is 50.8 Å². The highest BCUT2D eigenvalue weighted by Gasteiger charge is 2.32. The molecule has 1 aromatic heterocycles. The molecule has 2 amide bonds. The van der Waals surface area contributed by atoms with Crippen molar-refractivity contribution in [1.29, 1.82) is 5.41 Å². The number of aryl methyl sites for hydroxylation is 2. The third-order valence-electron chi connectivity index (χ3n) is 9.30. The second kappa shape index (κ2) is 24.0. The number of aliphatic hydroxyl groups is 5. The predicted octanol–water partition coefficient (Wildman–Crippen LogP) is 0.0460. The molecular formula is C36H61ClN10O7. The largest absolute Gasteiger partial charge is 0.394 e. The quantitative estimate of drug-likeness (QED) is 0.0341. The number of carbonyl (C=O) groups excluding carboxylic acids is 2. The van der Waals surface area contributed by atoms with Crippen LogP contribution < -0.4 is 33.2 Å². The Bertz CT molecular complexity index is 1460. The van der Waals surface area contributed by atoms with Crippen molar-refractivity contribution in [1.82, 2.24) is 30.8 Å². The molecule has 0 aliphatic heterocycles. The normalized spacial score (nSPS) is 14.9. The number of anilines is 2. The lowest BCUT2D eigenvalue weighted by atomic mass is 9.91. The van der Waals surface area contributed by atoms with Gasteiger partial charge in [-0.15, -0.1) is 0 Å². The summed E-state index contributed by atoms with van der Waals surface area (Å²) in [5.41, 5.74) is 18.1. The molecule has 0 saturated carbocycles. The van der Waals surface area contributed by atoms with Gasteiger partial charge in [0.15, 0.2) is 28.4 Å². The van der Waals surface area contributed by atoms with Crippen LogP contribution in [0.15, 0.2) is 24.3 Å². The van der Waals surface area contributed by atoms with E-state index in [-0.39, 0.29) is 35.0 Å². The van der Waals surface area contributed by atoms with Gasteiger partial charge in [0.1, 0.15) is 18.3 Å². The van der Waals surface area contributed by atoms with Crippen molar-refractivity contribution in [3.63, 3.8) is 0 Å². The van der Waals surface area contributed by atoms with Crippen molar-refractivity contribution in [2.24, 2.45) is 5.73 Å². The summed E-state index contributed by atoms with van der Waals surface area (Å²) in [5.74, 6) is -1.68. The van der Waals surface area contributed by atoms with Gasteiger partial charge >= 0.3 is 0 Å². The first-order valence-corrected chi connectivity index (χ1v) is 18.9. The number of guanidine groups is 1. The third-order valence-corrected chi connectivity index (χ3v) is 9.58. The van der Waals surface area contributed by atoms with Crippen LogP contribution in [0.4, 0.5) is 11.6 Å². The number of unbranched alkanes of at least 4 members (excludes halogenated alkanes) is 4. The molecule has 2 aromatic rings. The second-order valence-corrected chi connectivity index (χ2v) is 14.2. The highest BCUT2D eigenvalue weighted by atomic mass is 35.5. The molecule has 5 atom stereocenters. The molecule has 0 radical (unpaired) electrons. The SMILES string of the molecule is CCCCCCN(CCCN[C@](C)(CCc1ccc(CCCCNC(=N)NC(=O)c2nc(Cl)c(N)nc2N)cc1)C(N)=O)C[C@H](O)[C@@H](O)[C@H](O)[C@H](O)CO. The van der Waals surface area contributed by atoms with Crippen molar-refractivity contribution < 1.29 is 35.1 Å². The molecule has 0 unspecified atom stereocenters. The molecule has 15 N–H and O–H groups in total. The van der Waals surface area contributed by atoms with E-state index >= 15 is 0 Å². The Hall–Kier alpha value is -3.68. The van der Waals surface area contributed by atoms with Crippen LogP contribution in [0.5, 0.6) is 0 Å². The number of nitrogens with zero attached hydrogens (tertiary/aromatic N) is 3. The van der Waals surface area contributed by atoms with Crippen LogP contribution in [0.25, 0.3) is 0 Å². The zero-order valence-electron chi connectivity index (χ0n) is 31.4. The monoisotopic (exact) mass is 780 g/mol. The van der Waals surface area contributed by atoms with E-state index in [2.05, 4.69) is 32.8 Å². The van der Waals surface area contributed by atoms with E-state index in [9.17, 15) is 30.0 Å². The molecule has 0 aliphatic carbocycles. The van der Waals surface area contributed by atoms with E-state index in [1.165, 1.54) is 0 Å². The van der Waals surface area contributed by atoms with Crippen LogP contribution in [0, 0.1) is 5.41 Å². The Morgan fingerprint density at radius 3 is 2.15 bits per heavy atom. The number of nitrogens with one attached hydrogen (secondary N) is 4. The number of hydrogen-bond donors (Lipinski definition) is 12. The van der Waals surface area contributed by atoms with E-state index in [1.54, 1.807) is 6.92 Å². The summed E-state index contributed by atoms with van der Waals surface area (Å²) in [6.07, 6.45) is 2.00. The van der Waals surface area contributed by atoms with Crippen LogP contribution in [0.1, 0.15) is 86.8 Å². The number of aliphatic hydroxyl groups excluding tert-OH is 5. The molecule has 2 rings (SSSR count). The van der Waals surface area contributed by atoms with Crippen LogP contribution in [-0.2, 0) is 17.6 Å². The molecule has 1 heterocycles. The smallest absolute Gasteiger partial charge is 0.280 e. The average Bonchev–Trinajstić information content (AvgIpc) is 3.14. The van der Waals surface area contributed by atoms with Crippen molar-refractivity contribution >= 4 is 41.0 Å². The number of amides is 2. The minimum Gasteiger partial charge on any atom is -0.394 e. The van der Waals surface area contributed by atoms with E-state index in [0.717, 1.165) is 56.1 Å². The second-order valence-electron chi connectivity index (χ2n) is 13.8. The van der Waals surface area contributed by atoms with Crippen molar-refractivity contribution in [3.8, 4) is 0 Å². The fourth-order valence-electron chi connectivity index (χ4n) is 5.72. The Labute approximate surface area is 322 Å². The Morgan fingerprint density at radius 2 is 1.52 bits per heavy atom. The van der Waals surface area contributed by atoms with Gasteiger partial charge in [0.2, 0.25) is 5.91 Å². The molecule has 0 saturated heterocycles. The first-order chi connectivity index (χ1) is 25.6. The molecule has 0 fully saturated rings. The number of aromatic nitrogens is 2. The lowest BCUT2D eigenvalue weighted by Crippen LogP contribution is -2.54. The Balaban J connectivity index is 1.78. The summed E-state index contributed by atoms with van der Waals surface area (Å²) >= 11 is 5.82. The average molecular weight is 781 g/mol. The van der Waals surface area contributed by atoms with E-state index in [4.69, 9.17) is 39.3 Å². The van der Waals surface area contributed by atoms with Crippen LogP contribution >= 0.6 is 11.6 Å². The predicted molar refractivity (Wildman–Crippen MR) is 209 cm³/mol. The first-order valence-electron chi connectivity index (χ1n) is 18.5. The topological polar surface area (TPSA) is 302 Å². The fraction of sp³-hybridized carbons (Fsp3) is 0.639. The molecule has 0 spiro atoms. The molecule has 304 valence electrons. The summed E-state index contributed by atoms with van der Waals surface area (Å²) < 4.78 is 0. The van der Waals surface area contributed by atoms with E-state index in [1.807, 2.05) is 29.2 Å². The van der Waals surface area contributed by atoms with Crippen LogP contribution in [0.3, 0.4) is 0 Å². The number of nitrogens with two attached hydrogens (primary N) is 3. The number of primary amides is 1. The van der Waals surface area contributed by atoms with Gasteiger partial charge in [0.25, 0.3) is 5.91 Å². The van der Waals surface area contributed by atoms with Crippen molar-refractivity contribution in [2.45, 2.75) is 108 Å². The minimum atomic E-state index is -1.68. The number of hydrogen-bond acceptors (Lipinski definition) is 14. The highest BCUT2D eigenvalue weighted by molar-refractivity contribution is 6.31. The number of benzene rings is 1. The summed E-state index contributed by atoms with van der Waals surface area (Å²) in [4.78, 5) is 34.4. The fourth-order valence-corrected chi connectivity index (χ4v) is 5.84. The molecule has 0 aliphatic rings. The number of carbonyl (C=O) groups is 2. The number of rotatable bonds is 26. The van der Waals surface area contributed by atoms with Crippen molar-refractivity contribution in [3.05, 3.63) is 46.2 Å². The third kappa shape index (κ3) is 16.0. The van der Waals surface area contributed by atoms with Gasteiger partial charge in [-0.2, -0.15) is 0 Å². The summed E-state index contributed by atoms with van der Waals surface area (Å²) in [7, 11) is 0. The van der Waals surface area contributed by atoms with Crippen LogP contribution in [0.2, 0.25) is 5.15 Å². The number of nitrogen functional groups attached to an aromatic ring is 2. The van der Waals surface area contributed by atoms with Gasteiger partial charge in [-0.3, -0.25) is 20.3 Å². The lowest BCUT2D eigenvalue weighted by Gasteiger charge is -2.31. The molecule has 0 bridgehead atoms. The lowest BCUT2D eigenvalue weighted by molar-refractivity contribution is -0.124. The van der Waals surface area contributed by atoms with Gasteiger partial charge < -0.3 is 58.3 Å². The minimum absolute atomic E-state index is 0.0712. The first kappa shape index (κ1) is 46.5. The standard InChI is InChI=1S/C36H61ClN10O7/c1-3-4-5-8-19-47(21-25(49)28(51)29(52)26(50)22-48)20-9-18-43-36(2,34(40)54)16-15-24-13-11-23(12-14-24)10-6-7-17-42-35(41)46-33(53)27-31(38)45-32(39)30(37)44-27/h11-14,25-26,28-29,43,48-52H,3-10,15-22H2,1-2H3,(H2,40,54)(H4,38,39,45)(H3,41,42,46,53)/t25-,26+,28+,29+,36+/m0/s1. The molecule has 18 heteroatoms. The van der Waals surface area contributed by atoms with Gasteiger partial charge in [0.05, 0.1) is 18.2 Å². The molecule has 17 nitrogen and oxygen atoms in total. The molecular weight excluding hydrogens is 720 g/mol. The summed E-state index contributed by atoms with van der Waals surface area (Å²) in [6.45, 7) is 5.40. The Kier molecular flexibility index (Phi) is 20.6. The Morgan fingerprint density at radius 1 is 0.889 bits per heavy atom. The molecule has 1 aromatic carbocycles. The zero-order valence-corrected chi connectivity index (χ0v) is 32.2. The maximum atomic E-state index is 12.5. The van der Waals surface area contributed by atoms with E-state index < -0.39 is 48.4 Å². The van der Waals surface area contributed by atoms with Gasteiger partial charge in [-0.25, -0.2) is 9.97 Å². The summed E-state index contributed by atoms with van der Waals surface area (Å²) in [6, 6.07) is 8.16. The van der Waals surface area contributed by atoms with Gasteiger partial charge in [-0.05, 0) is 82.6 Å². The van der Waals surface area contributed by atoms with Crippen LogP contribution in [-0.4, -0.2) is 127 Å². The summed E-state index contributed by atoms with van der Waals surface area (Å²) in [5, 5.41) is 66.0. The highest BCUT2D eigenvalue weighted by Crippen LogP contribution is 2.18. The molecule has 54 heavy (non-hydrogen) atoms.